The first-order chi connectivity index (χ1) is 17.0. The molecule has 1 aromatic carbocycles. The Balaban J connectivity index is 1.39. The largest absolute Gasteiger partial charge is 0.493 e. The highest BCUT2D eigenvalue weighted by Crippen LogP contribution is 2.51. The minimum absolute atomic E-state index is 0.00188. The minimum Gasteiger partial charge on any atom is -0.493 e. The van der Waals surface area contributed by atoms with E-state index in [9.17, 15) is 9.59 Å². The summed E-state index contributed by atoms with van der Waals surface area (Å²) in [6.07, 6.45) is 6.70. The molecule has 4 atom stereocenters. The number of nitrogens with zero attached hydrogens (tertiary/aromatic N) is 3. The number of benzene rings is 1. The molecule has 0 bridgehead atoms. The number of hydrogen-bond donors (Lipinski definition) is 2. The molecular formula is C27H33N5O3. The van der Waals surface area contributed by atoms with Gasteiger partial charge in [-0.15, -0.1) is 0 Å². The SMILES string of the molecule is CCC1(CC)CC(=O)N([C@H](c2cccnc2)C2C[C@H]2C(=O)N[C@H]2CCOc3ccccc32)C(N)=N1. The van der Waals surface area contributed by atoms with Crippen molar-refractivity contribution in [3.8, 4) is 5.75 Å². The maximum absolute atomic E-state index is 13.4. The van der Waals surface area contributed by atoms with E-state index in [-0.39, 0.29) is 41.7 Å². The van der Waals surface area contributed by atoms with E-state index in [2.05, 4.69) is 10.3 Å². The highest BCUT2D eigenvalue weighted by molar-refractivity contribution is 5.99. The normalized spacial score (nSPS) is 25.7. The van der Waals surface area contributed by atoms with Crippen molar-refractivity contribution >= 4 is 17.8 Å². The fraction of sp³-hybridized carbons (Fsp3) is 0.481. The van der Waals surface area contributed by atoms with Crippen molar-refractivity contribution in [3.63, 3.8) is 0 Å². The number of para-hydroxylation sites is 1. The Kier molecular flexibility index (Phi) is 6.21. The van der Waals surface area contributed by atoms with Crippen LogP contribution >= 0.6 is 0 Å². The quantitative estimate of drug-likeness (QED) is 0.637. The van der Waals surface area contributed by atoms with E-state index in [0.717, 1.165) is 36.1 Å². The van der Waals surface area contributed by atoms with Gasteiger partial charge in [0.05, 0.1) is 30.7 Å². The van der Waals surface area contributed by atoms with E-state index in [0.29, 0.717) is 19.4 Å². The highest BCUT2D eigenvalue weighted by atomic mass is 16.5. The lowest BCUT2D eigenvalue weighted by Crippen LogP contribution is -2.53. The highest BCUT2D eigenvalue weighted by Gasteiger charge is 2.53. The number of ether oxygens (including phenoxy) is 1. The summed E-state index contributed by atoms with van der Waals surface area (Å²) in [6, 6.07) is 11.2. The molecule has 5 rings (SSSR count). The number of pyridine rings is 1. The van der Waals surface area contributed by atoms with Crippen molar-refractivity contribution < 1.29 is 14.3 Å². The first kappa shape index (κ1) is 23.3. The van der Waals surface area contributed by atoms with Gasteiger partial charge in [-0.05, 0) is 42.9 Å². The van der Waals surface area contributed by atoms with Crippen molar-refractivity contribution in [2.45, 2.75) is 63.6 Å². The fourth-order valence-corrected chi connectivity index (χ4v) is 5.56. The van der Waals surface area contributed by atoms with E-state index >= 15 is 0 Å². The molecule has 1 aromatic heterocycles. The van der Waals surface area contributed by atoms with Gasteiger partial charge in [0.25, 0.3) is 0 Å². The van der Waals surface area contributed by atoms with Crippen molar-refractivity contribution in [2.75, 3.05) is 6.61 Å². The molecule has 8 nitrogen and oxygen atoms in total. The zero-order valence-corrected chi connectivity index (χ0v) is 20.3. The maximum atomic E-state index is 13.4. The first-order valence-corrected chi connectivity index (χ1v) is 12.6. The van der Waals surface area contributed by atoms with E-state index in [4.69, 9.17) is 15.5 Å². The Labute approximate surface area is 206 Å². The predicted octanol–water partition coefficient (Wildman–Crippen LogP) is 3.50. The molecule has 0 radical (unpaired) electrons. The molecule has 184 valence electrons. The smallest absolute Gasteiger partial charge is 0.232 e. The van der Waals surface area contributed by atoms with Gasteiger partial charge in [0.15, 0.2) is 5.96 Å². The third-order valence-corrected chi connectivity index (χ3v) is 7.82. The lowest BCUT2D eigenvalue weighted by atomic mass is 9.87. The summed E-state index contributed by atoms with van der Waals surface area (Å²) in [5, 5.41) is 3.23. The molecule has 2 aromatic rings. The van der Waals surface area contributed by atoms with Crippen LogP contribution in [0.2, 0.25) is 0 Å². The number of aliphatic imine (C=N–C) groups is 1. The molecule has 8 heteroatoms. The van der Waals surface area contributed by atoms with Gasteiger partial charge in [0, 0.05) is 30.3 Å². The number of carbonyl (C=O) groups excluding carboxylic acids is 2. The first-order valence-electron chi connectivity index (χ1n) is 12.6. The van der Waals surface area contributed by atoms with Crippen LogP contribution in [0.3, 0.4) is 0 Å². The van der Waals surface area contributed by atoms with Gasteiger partial charge in [-0.25, -0.2) is 4.99 Å². The molecule has 0 saturated heterocycles. The summed E-state index contributed by atoms with van der Waals surface area (Å²) in [5.74, 6) is 0.759. The van der Waals surface area contributed by atoms with Crippen LogP contribution in [0, 0.1) is 11.8 Å². The van der Waals surface area contributed by atoms with Gasteiger partial charge >= 0.3 is 0 Å². The molecule has 2 aliphatic heterocycles. The van der Waals surface area contributed by atoms with Crippen molar-refractivity contribution in [3.05, 3.63) is 59.9 Å². The third-order valence-electron chi connectivity index (χ3n) is 7.82. The summed E-state index contributed by atoms with van der Waals surface area (Å²) >= 11 is 0. The summed E-state index contributed by atoms with van der Waals surface area (Å²) in [6.45, 7) is 4.65. The molecule has 3 N–H and O–H groups in total. The van der Waals surface area contributed by atoms with E-state index < -0.39 is 5.54 Å². The molecule has 1 saturated carbocycles. The van der Waals surface area contributed by atoms with Gasteiger partial charge in [-0.3, -0.25) is 19.5 Å². The van der Waals surface area contributed by atoms with Gasteiger partial charge in [0.2, 0.25) is 11.8 Å². The van der Waals surface area contributed by atoms with Crippen LogP contribution < -0.4 is 15.8 Å². The van der Waals surface area contributed by atoms with Gasteiger partial charge in [-0.2, -0.15) is 0 Å². The van der Waals surface area contributed by atoms with Gasteiger partial charge in [0.1, 0.15) is 5.75 Å². The molecule has 3 aliphatic rings. The fourth-order valence-electron chi connectivity index (χ4n) is 5.56. The number of hydrogen-bond acceptors (Lipinski definition) is 6. The lowest BCUT2D eigenvalue weighted by Gasteiger charge is -2.40. The second kappa shape index (κ2) is 9.32. The Morgan fingerprint density at radius 2 is 2.06 bits per heavy atom. The van der Waals surface area contributed by atoms with Crippen LogP contribution in [0.4, 0.5) is 0 Å². The topological polar surface area (TPSA) is 110 Å². The maximum Gasteiger partial charge on any atom is 0.232 e. The molecular weight excluding hydrogens is 442 g/mol. The molecule has 1 fully saturated rings. The van der Waals surface area contributed by atoms with Gasteiger partial charge < -0.3 is 15.8 Å². The number of rotatable bonds is 7. The van der Waals surface area contributed by atoms with Crippen LogP contribution in [-0.4, -0.2) is 39.8 Å². The molecule has 3 heterocycles. The summed E-state index contributed by atoms with van der Waals surface area (Å²) in [4.78, 5) is 37.5. The Morgan fingerprint density at radius 3 is 2.77 bits per heavy atom. The number of amides is 2. The number of guanidine groups is 1. The zero-order valence-electron chi connectivity index (χ0n) is 20.3. The zero-order chi connectivity index (χ0) is 24.6. The number of nitrogens with two attached hydrogens (primary N) is 1. The van der Waals surface area contributed by atoms with Crippen LogP contribution in [-0.2, 0) is 9.59 Å². The van der Waals surface area contributed by atoms with Crippen molar-refractivity contribution in [1.29, 1.82) is 0 Å². The van der Waals surface area contributed by atoms with Crippen LogP contribution in [0.15, 0.2) is 53.8 Å². The Hall–Kier alpha value is -3.42. The monoisotopic (exact) mass is 475 g/mol. The van der Waals surface area contributed by atoms with Gasteiger partial charge in [-0.1, -0.05) is 38.1 Å². The third kappa shape index (κ3) is 4.37. The van der Waals surface area contributed by atoms with Crippen LogP contribution in [0.5, 0.6) is 5.75 Å². The molecule has 0 spiro atoms. The van der Waals surface area contributed by atoms with Crippen molar-refractivity contribution in [2.24, 2.45) is 22.6 Å². The van der Waals surface area contributed by atoms with Crippen LogP contribution in [0.1, 0.15) is 69.2 Å². The summed E-state index contributed by atoms with van der Waals surface area (Å²) < 4.78 is 5.74. The van der Waals surface area contributed by atoms with Crippen molar-refractivity contribution in [1.82, 2.24) is 15.2 Å². The van der Waals surface area contributed by atoms with E-state index in [1.165, 1.54) is 0 Å². The average molecular weight is 476 g/mol. The number of carbonyl (C=O) groups is 2. The van der Waals surface area contributed by atoms with E-state index in [1.54, 1.807) is 17.3 Å². The molecule has 2 amide bonds. The second-order valence-corrected chi connectivity index (χ2v) is 9.82. The Bertz CT molecular complexity index is 1130. The molecule has 1 unspecified atom stereocenters. The average Bonchev–Trinajstić information content (AvgIpc) is 3.67. The second-order valence-electron chi connectivity index (χ2n) is 9.82. The summed E-state index contributed by atoms with van der Waals surface area (Å²) in [5.41, 5.74) is 7.87. The standard InChI is InChI=1S/C27H33N5O3/c1-3-27(4-2)15-23(33)32(26(28)31-27)24(17-8-7-12-29-16-17)19-14-20(19)25(34)30-21-11-13-35-22-10-6-5-9-18(21)22/h5-10,12,16,19-21,24H,3-4,11,13-15H2,1-2H3,(H2,28,31)(H,30,34)/t19?,20-,21+,24-/m1/s1. The Morgan fingerprint density at radius 1 is 1.26 bits per heavy atom. The molecule has 1 aliphatic carbocycles. The molecule has 35 heavy (non-hydrogen) atoms. The predicted molar refractivity (Wildman–Crippen MR) is 132 cm³/mol. The number of aromatic nitrogens is 1. The number of fused-ring (bicyclic) bond motifs is 1. The summed E-state index contributed by atoms with van der Waals surface area (Å²) in [7, 11) is 0. The van der Waals surface area contributed by atoms with E-state index in [1.807, 2.05) is 50.2 Å². The minimum atomic E-state index is -0.450. The number of nitrogens with one attached hydrogen (secondary N) is 1. The van der Waals surface area contributed by atoms with Crippen LogP contribution in [0.25, 0.3) is 0 Å². The lowest BCUT2D eigenvalue weighted by molar-refractivity contribution is -0.132.